The second-order valence-electron chi connectivity index (χ2n) is 11.4. The smallest absolute Gasteiger partial charge is 0.347 e. The second-order valence-corrected chi connectivity index (χ2v) is 11.4. The van der Waals surface area contributed by atoms with Crippen LogP contribution in [0.5, 0.6) is 23.0 Å². The molecule has 2 aliphatic heterocycles. The van der Waals surface area contributed by atoms with Gasteiger partial charge in [-0.25, -0.2) is 4.79 Å². The number of rotatable bonds is 3. The highest BCUT2D eigenvalue weighted by Gasteiger charge is 2.53. The molecule has 0 aliphatic carbocycles. The van der Waals surface area contributed by atoms with E-state index in [1.54, 1.807) is 19.9 Å². The van der Waals surface area contributed by atoms with E-state index in [0.717, 1.165) is 33.8 Å². The molecule has 0 saturated heterocycles. The molecule has 2 aromatic carbocycles. The lowest BCUT2D eigenvalue weighted by molar-refractivity contribution is -0.166. The Morgan fingerprint density at radius 1 is 0.909 bits per heavy atom. The van der Waals surface area contributed by atoms with Crippen molar-refractivity contribution in [2.75, 3.05) is 0 Å². The first-order valence-corrected chi connectivity index (χ1v) is 11.3. The number of carboxylic acid groups (broad SMARTS) is 1. The van der Waals surface area contributed by atoms with Crippen LogP contribution < -0.4 is 14.2 Å². The number of fused-ring (bicyclic) bond motifs is 2. The van der Waals surface area contributed by atoms with Crippen molar-refractivity contribution in [2.24, 2.45) is 0 Å². The zero-order chi connectivity index (χ0) is 24.6. The van der Waals surface area contributed by atoms with Crippen LogP contribution in [0.25, 0.3) is 0 Å². The Hall–Kier alpha value is -2.89. The van der Waals surface area contributed by atoms with Gasteiger partial charge in [0.05, 0.1) is 0 Å². The van der Waals surface area contributed by atoms with Crippen LogP contribution in [0.15, 0.2) is 24.3 Å². The molecule has 0 aromatic heterocycles. The van der Waals surface area contributed by atoms with Gasteiger partial charge in [-0.2, -0.15) is 0 Å². The van der Waals surface area contributed by atoms with Crippen molar-refractivity contribution in [1.29, 1.82) is 0 Å². The third-order valence-electron chi connectivity index (χ3n) is 6.93. The molecule has 178 valence electrons. The fourth-order valence-electron chi connectivity index (χ4n) is 5.15. The highest BCUT2D eigenvalue weighted by Crippen LogP contribution is 2.55. The first-order valence-electron chi connectivity index (χ1n) is 11.3. The van der Waals surface area contributed by atoms with Gasteiger partial charge < -0.3 is 24.4 Å². The van der Waals surface area contributed by atoms with Gasteiger partial charge in [0.2, 0.25) is 0 Å². The summed E-state index contributed by atoms with van der Waals surface area (Å²) in [6.45, 7) is 15.4. The van der Waals surface area contributed by atoms with Crippen LogP contribution in [-0.4, -0.2) is 27.6 Å². The lowest BCUT2D eigenvalue weighted by Gasteiger charge is -2.51. The van der Waals surface area contributed by atoms with E-state index in [2.05, 4.69) is 27.7 Å². The third kappa shape index (κ3) is 3.90. The Labute approximate surface area is 195 Å². The molecule has 1 spiro atoms. The van der Waals surface area contributed by atoms with Gasteiger partial charge >= 0.3 is 5.97 Å². The van der Waals surface area contributed by atoms with Crippen LogP contribution in [-0.2, 0) is 15.6 Å². The van der Waals surface area contributed by atoms with E-state index in [9.17, 15) is 15.0 Å². The number of benzene rings is 2. The Morgan fingerprint density at radius 2 is 1.39 bits per heavy atom. The zero-order valence-corrected chi connectivity index (χ0v) is 20.8. The minimum Gasteiger partial charge on any atom is -0.508 e. The first kappa shape index (κ1) is 23.3. The number of phenolic OH excluding ortho intramolecular Hbond substituents is 1. The molecule has 33 heavy (non-hydrogen) atoms. The summed E-state index contributed by atoms with van der Waals surface area (Å²) in [4.78, 5) is 11.6. The van der Waals surface area contributed by atoms with Gasteiger partial charge in [-0.3, -0.25) is 0 Å². The van der Waals surface area contributed by atoms with E-state index in [-0.39, 0.29) is 16.6 Å². The van der Waals surface area contributed by atoms with E-state index in [4.69, 9.17) is 14.2 Å². The molecule has 2 N–H and O–H groups in total. The van der Waals surface area contributed by atoms with Crippen LogP contribution in [0, 0.1) is 13.8 Å². The number of ether oxygens (including phenoxy) is 3. The van der Waals surface area contributed by atoms with Gasteiger partial charge in [0.15, 0.2) is 5.60 Å². The highest BCUT2D eigenvalue weighted by molar-refractivity contribution is 5.77. The molecule has 0 unspecified atom stereocenters. The predicted molar refractivity (Wildman–Crippen MR) is 126 cm³/mol. The van der Waals surface area contributed by atoms with Crippen molar-refractivity contribution < 1.29 is 29.2 Å². The SMILES string of the molecule is Cc1cc2c(cc1O)C(C)(C)C[C@]1(CC(C)(C)c3cc(OC(C)(C)C(=O)O)c(C)cc3O1)O2. The van der Waals surface area contributed by atoms with E-state index < -0.39 is 17.4 Å². The van der Waals surface area contributed by atoms with Crippen molar-refractivity contribution >= 4 is 5.97 Å². The lowest BCUT2D eigenvalue weighted by Crippen LogP contribution is -2.55. The highest BCUT2D eigenvalue weighted by atomic mass is 16.7. The molecule has 2 aromatic rings. The third-order valence-corrected chi connectivity index (χ3v) is 6.93. The molecule has 0 amide bonds. The number of hydrogen-bond donors (Lipinski definition) is 2. The summed E-state index contributed by atoms with van der Waals surface area (Å²) >= 11 is 0. The summed E-state index contributed by atoms with van der Waals surface area (Å²) in [5, 5.41) is 19.7. The van der Waals surface area contributed by atoms with E-state index in [1.165, 1.54) is 0 Å². The molecule has 0 fully saturated rings. The lowest BCUT2D eigenvalue weighted by atomic mass is 9.69. The maximum absolute atomic E-state index is 11.6. The fraction of sp³-hybridized carbons (Fsp3) is 0.519. The molecule has 4 rings (SSSR count). The molecule has 2 aliphatic rings. The molecule has 6 nitrogen and oxygen atoms in total. The topological polar surface area (TPSA) is 85.2 Å². The zero-order valence-electron chi connectivity index (χ0n) is 20.8. The van der Waals surface area contributed by atoms with Crippen LogP contribution in [0.2, 0.25) is 0 Å². The average molecular weight is 455 g/mol. The van der Waals surface area contributed by atoms with Gasteiger partial charge in [0.1, 0.15) is 23.0 Å². The summed E-state index contributed by atoms with van der Waals surface area (Å²) in [6.07, 6.45) is 1.24. The average Bonchev–Trinajstić information content (AvgIpc) is 2.63. The Morgan fingerprint density at radius 3 is 1.91 bits per heavy atom. The van der Waals surface area contributed by atoms with E-state index in [1.807, 2.05) is 32.0 Å². The Bertz CT molecular complexity index is 1140. The number of hydrogen-bond acceptors (Lipinski definition) is 5. The Balaban J connectivity index is 1.77. The number of carboxylic acids is 1. The second kappa shape index (κ2) is 7.05. The van der Waals surface area contributed by atoms with Crippen LogP contribution >= 0.6 is 0 Å². The maximum Gasteiger partial charge on any atom is 0.347 e. The van der Waals surface area contributed by atoms with Crippen LogP contribution in [0.1, 0.15) is 76.6 Å². The number of aryl methyl sites for hydroxylation is 2. The summed E-state index contributed by atoms with van der Waals surface area (Å²) in [5.74, 6) is 0.386. The Kier molecular flexibility index (Phi) is 4.97. The van der Waals surface area contributed by atoms with Crippen molar-refractivity contribution in [3.8, 4) is 23.0 Å². The minimum absolute atomic E-state index is 0.268. The molecule has 6 heteroatoms. The van der Waals surface area contributed by atoms with Gasteiger partial charge in [-0.1, -0.05) is 27.7 Å². The van der Waals surface area contributed by atoms with Gasteiger partial charge in [-0.15, -0.1) is 0 Å². The maximum atomic E-state index is 11.6. The number of phenols is 1. The normalized spacial score (nSPS) is 22.5. The quantitative estimate of drug-likeness (QED) is 0.613. The molecular weight excluding hydrogens is 420 g/mol. The van der Waals surface area contributed by atoms with E-state index >= 15 is 0 Å². The number of aromatic hydroxyl groups is 1. The minimum atomic E-state index is -1.34. The molecule has 0 saturated carbocycles. The molecule has 0 radical (unpaired) electrons. The number of carbonyl (C=O) groups is 1. The van der Waals surface area contributed by atoms with Crippen molar-refractivity contribution in [2.45, 2.75) is 90.4 Å². The summed E-state index contributed by atoms with van der Waals surface area (Å²) < 4.78 is 19.1. The fourth-order valence-corrected chi connectivity index (χ4v) is 5.15. The summed E-state index contributed by atoms with van der Waals surface area (Å²) in [6, 6.07) is 7.51. The largest absolute Gasteiger partial charge is 0.508 e. The van der Waals surface area contributed by atoms with Gasteiger partial charge in [0.25, 0.3) is 5.79 Å². The first-order chi connectivity index (χ1) is 15.1. The van der Waals surface area contributed by atoms with Crippen molar-refractivity contribution in [3.05, 3.63) is 46.5 Å². The molecule has 0 bridgehead atoms. The predicted octanol–water partition coefficient (Wildman–Crippen LogP) is 5.77. The van der Waals surface area contributed by atoms with Crippen molar-refractivity contribution in [3.63, 3.8) is 0 Å². The standard InChI is InChI=1S/C27H34O6/c1-15-9-21-17(11-19(15)28)24(3,4)13-27(32-21)14-25(5,6)18-12-20(16(2)10-22(18)33-27)31-26(7,8)23(29)30/h9-12,28H,13-14H2,1-8H3,(H,29,30)/t27-/m0/s1. The van der Waals surface area contributed by atoms with Gasteiger partial charge in [0, 0.05) is 34.8 Å². The molecule has 2 heterocycles. The van der Waals surface area contributed by atoms with Crippen LogP contribution in [0.3, 0.4) is 0 Å². The van der Waals surface area contributed by atoms with Gasteiger partial charge in [-0.05, 0) is 63.1 Å². The summed E-state index contributed by atoms with van der Waals surface area (Å²) in [5.41, 5.74) is 1.57. The van der Waals surface area contributed by atoms with Crippen LogP contribution in [0.4, 0.5) is 0 Å². The van der Waals surface area contributed by atoms with E-state index in [0.29, 0.717) is 18.6 Å². The monoisotopic (exact) mass is 454 g/mol. The van der Waals surface area contributed by atoms with Crippen molar-refractivity contribution in [1.82, 2.24) is 0 Å². The summed E-state index contributed by atoms with van der Waals surface area (Å²) in [7, 11) is 0. The molecule has 1 atom stereocenters. The number of aliphatic carboxylic acids is 1. The molecular formula is C27H34O6.